The van der Waals surface area contributed by atoms with Crippen molar-refractivity contribution in [1.82, 2.24) is 10.6 Å². The molecule has 3 nitrogen and oxygen atoms in total. The zero-order valence-electron chi connectivity index (χ0n) is 11.5. The Morgan fingerprint density at radius 1 is 1.26 bits per heavy atom. The molecule has 1 atom stereocenters. The van der Waals surface area contributed by atoms with E-state index in [0.717, 1.165) is 8.95 Å². The lowest BCUT2D eigenvalue weighted by Crippen LogP contribution is -2.33. The first kappa shape index (κ1) is 16.7. The summed E-state index contributed by atoms with van der Waals surface area (Å²) in [4.78, 5) is 11.5. The third-order valence-corrected chi connectivity index (χ3v) is 3.86. The Labute approximate surface area is 131 Å². The fourth-order valence-electron chi connectivity index (χ4n) is 1.76. The second kappa shape index (κ2) is 8.02. The summed E-state index contributed by atoms with van der Waals surface area (Å²) in [7, 11) is 0. The van der Waals surface area contributed by atoms with Gasteiger partial charge in [0, 0.05) is 34.0 Å². The van der Waals surface area contributed by atoms with Gasteiger partial charge in [-0.3, -0.25) is 4.79 Å². The SMILES string of the molecule is CC(C)NC(=O)CCNC(C)c1ccc(Br)cc1Br. The molecule has 1 aromatic rings. The molecule has 5 heteroatoms. The molecule has 1 rings (SSSR count). The quantitative estimate of drug-likeness (QED) is 0.774. The van der Waals surface area contributed by atoms with Gasteiger partial charge in [-0.05, 0) is 38.5 Å². The van der Waals surface area contributed by atoms with Crippen molar-refractivity contribution in [2.45, 2.75) is 39.3 Å². The minimum atomic E-state index is 0.0876. The van der Waals surface area contributed by atoms with Gasteiger partial charge in [-0.2, -0.15) is 0 Å². The highest BCUT2D eigenvalue weighted by atomic mass is 79.9. The zero-order valence-corrected chi connectivity index (χ0v) is 14.6. The number of rotatable bonds is 6. The standard InChI is InChI=1S/C14H20Br2N2O/c1-9(2)18-14(19)6-7-17-10(3)12-5-4-11(15)8-13(12)16/h4-5,8-10,17H,6-7H2,1-3H3,(H,18,19). The number of amides is 1. The Balaban J connectivity index is 2.43. The van der Waals surface area contributed by atoms with Crippen molar-refractivity contribution < 1.29 is 4.79 Å². The third kappa shape index (κ3) is 6.06. The van der Waals surface area contributed by atoms with E-state index < -0.39 is 0 Å². The summed E-state index contributed by atoms with van der Waals surface area (Å²) in [5, 5.41) is 6.24. The van der Waals surface area contributed by atoms with E-state index in [-0.39, 0.29) is 18.0 Å². The Hall–Kier alpha value is -0.390. The van der Waals surface area contributed by atoms with E-state index in [1.54, 1.807) is 0 Å². The summed E-state index contributed by atoms with van der Waals surface area (Å²) in [5.41, 5.74) is 1.19. The molecule has 1 aromatic carbocycles. The van der Waals surface area contributed by atoms with Crippen LogP contribution in [0, 0.1) is 0 Å². The van der Waals surface area contributed by atoms with Gasteiger partial charge in [0.25, 0.3) is 0 Å². The number of hydrogen-bond donors (Lipinski definition) is 2. The van der Waals surface area contributed by atoms with Gasteiger partial charge in [0.15, 0.2) is 0 Å². The molecular formula is C14H20Br2N2O. The minimum absolute atomic E-state index is 0.0876. The Morgan fingerprint density at radius 2 is 1.95 bits per heavy atom. The van der Waals surface area contributed by atoms with Crippen LogP contribution in [0.5, 0.6) is 0 Å². The summed E-state index contributed by atoms with van der Waals surface area (Å²) in [5.74, 6) is 0.0876. The highest BCUT2D eigenvalue weighted by molar-refractivity contribution is 9.11. The number of hydrogen-bond acceptors (Lipinski definition) is 2. The van der Waals surface area contributed by atoms with Gasteiger partial charge in [-0.25, -0.2) is 0 Å². The van der Waals surface area contributed by atoms with Gasteiger partial charge in [0.2, 0.25) is 5.91 Å². The maximum absolute atomic E-state index is 11.5. The molecule has 0 heterocycles. The molecule has 0 aliphatic rings. The third-order valence-electron chi connectivity index (χ3n) is 2.68. The van der Waals surface area contributed by atoms with Gasteiger partial charge in [0.1, 0.15) is 0 Å². The monoisotopic (exact) mass is 390 g/mol. The first-order valence-electron chi connectivity index (χ1n) is 6.38. The predicted octanol–water partition coefficient (Wildman–Crippen LogP) is 3.78. The van der Waals surface area contributed by atoms with Crippen molar-refractivity contribution in [2.75, 3.05) is 6.54 Å². The molecule has 0 fully saturated rings. The normalized spacial score (nSPS) is 12.5. The molecule has 19 heavy (non-hydrogen) atoms. The molecule has 0 saturated heterocycles. The van der Waals surface area contributed by atoms with Crippen molar-refractivity contribution in [3.8, 4) is 0 Å². The lowest BCUT2D eigenvalue weighted by atomic mass is 10.1. The largest absolute Gasteiger partial charge is 0.354 e. The van der Waals surface area contributed by atoms with Crippen LogP contribution in [0.3, 0.4) is 0 Å². The van der Waals surface area contributed by atoms with Gasteiger partial charge in [-0.15, -0.1) is 0 Å². The molecule has 0 radical (unpaired) electrons. The lowest BCUT2D eigenvalue weighted by molar-refractivity contribution is -0.121. The fraction of sp³-hybridized carbons (Fsp3) is 0.500. The van der Waals surface area contributed by atoms with E-state index in [2.05, 4.69) is 55.5 Å². The molecule has 0 spiro atoms. The first-order chi connectivity index (χ1) is 8.90. The van der Waals surface area contributed by atoms with E-state index in [1.165, 1.54) is 5.56 Å². The lowest BCUT2D eigenvalue weighted by Gasteiger charge is -2.16. The molecule has 106 valence electrons. The number of benzene rings is 1. The van der Waals surface area contributed by atoms with E-state index in [0.29, 0.717) is 13.0 Å². The first-order valence-corrected chi connectivity index (χ1v) is 7.96. The second-order valence-corrected chi connectivity index (χ2v) is 6.58. The Bertz CT molecular complexity index is 435. The zero-order chi connectivity index (χ0) is 14.4. The number of nitrogens with one attached hydrogen (secondary N) is 2. The van der Waals surface area contributed by atoms with Gasteiger partial charge < -0.3 is 10.6 Å². The van der Waals surface area contributed by atoms with Crippen LogP contribution in [-0.4, -0.2) is 18.5 Å². The van der Waals surface area contributed by atoms with Crippen LogP contribution in [0.15, 0.2) is 27.1 Å². The van der Waals surface area contributed by atoms with Crippen LogP contribution >= 0.6 is 31.9 Å². The minimum Gasteiger partial charge on any atom is -0.354 e. The Morgan fingerprint density at radius 3 is 2.53 bits per heavy atom. The summed E-state index contributed by atoms with van der Waals surface area (Å²) >= 11 is 6.99. The summed E-state index contributed by atoms with van der Waals surface area (Å²) in [6, 6.07) is 6.52. The predicted molar refractivity (Wildman–Crippen MR) is 86.2 cm³/mol. The number of carbonyl (C=O) groups is 1. The molecule has 0 saturated carbocycles. The maximum atomic E-state index is 11.5. The molecule has 0 bridgehead atoms. The van der Waals surface area contributed by atoms with Gasteiger partial charge >= 0.3 is 0 Å². The fourth-order valence-corrected chi connectivity index (χ4v) is 3.15. The maximum Gasteiger partial charge on any atom is 0.221 e. The van der Waals surface area contributed by atoms with Crippen molar-refractivity contribution in [1.29, 1.82) is 0 Å². The highest BCUT2D eigenvalue weighted by Crippen LogP contribution is 2.26. The average molecular weight is 392 g/mol. The van der Waals surface area contributed by atoms with Crippen LogP contribution in [-0.2, 0) is 4.79 Å². The van der Waals surface area contributed by atoms with Crippen molar-refractivity contribution in [3.05, 3.63) is 32.7 Å². The molecule has 0 aliphatic heterocycles. The molecule has 2 N–H and O–H groups in total. The number of halogens is 2. The van der Waals surface area contributed by atoms with Crippen LogP contribution in [0.25, 0.3) is 0 Å². The molecule has 0 aliphatic carbocycles. The average Bonchev–Trinajstić information content (AvgIpc) is 2.27. The molecule has 0 aromatic heterocycles. The highest BCUT2D eigenvalue weighted by Gasteiger charge is 2.10. The second-order valence-electron chi connectivity index (χ2n) is 4.81. The van der Waals surface area contributed by atoms with E-state index in [1.807, 2.05) is 26.0 Å². The smallest absolute Gasteiger partial charge is 0.221 e. The summed E-state index contributed by atoms with van der Waals surface area (Å²) < 4.78 is 2.11. The van der Waals surface area contributed by atoms with Crippen molar-refractivity contribution in [2.24, 2.45) is 0 Å². The Kier molecular flexibility index (Phi) is 7.04. The van der Waals surface area contributed by atoms with Crippen molar-refractivity contribution in [3.63, 3.8) is 0 Å². The van der Waals surface area contributed by atoms with Crippen LogP contribution in [0.2, 0.25) is 0 Å². The van der Waals surface area contributed by atoms with E-state index in [4.69, 9.17) is 0 Å². The van der Waals surface area contributed by atoms with E-state index >= 15 is 0 Å². The van der Waals surface area contributed by atoms with E-state index in [9.17, 15) is 4.79 Å². The number of carbonyl (C=O) groups excluding carboxylic acids is 1. The van der Waals surface area contributed by atoms with Gasteiger partial charge in [-0.1, -0.05) is 37.9 Å². The summed E-state index contributed by atoms with van der Waals surface area (Å²) in [6.45, 7) is 6.69. The molecule has 1 amide bonds. The van der Waals surface area contributed by atoms with Crippen LogP contribution in [0.4, 0.5) is 0 Å². The summed E-state index contributed by atoms with van der Waals surface area (Å²) in [6.07, 6.45) is 0.497. The van der Waals surface area contributed by atoms with Crippen molar-refractivity contribution >= 4 is 37.8 Å². The topological polar surface area (TPSA) is 41.1 Å². The molecule has 1 unspecified atom stereocenters. The van der Waals surface area contributed by atoms with Crippen LogP contribution < -0.4 is 10.6 Å². The molecular weight excluding hydrogens is 372 g/mol. The van der Waals surface area contributed by atoms with Gasteiger partial charge in [0.05, 0.1) is 0 Å². The van der Waals surface area contributed by atoms with Crippen LogP contribution in [0.1, 0.15) is 38.8 Å².